The molecule has 4 nitrogen and oxygen atoms in total. The molecule has 2 aliphatic heterocycles. The van der Waals surface area contributed by atoms with E-state index in [1.54, 1.807) is 13.8 Å². The van der Waals surface area contributed by atoms with E-state index in [1.807, 2.05) is 6.07 Å². The molecule has 0 N–H and O–H groups in total. The van der Waals surface area contributed by atoms with Crippen molar-refractivity contribution < 1.29 is 19.1 Å². The number of rotatable bonds is 2. The smallest absolute Gasteiger partial charge is 0.324 e. The Bertz CT molecular complexity index is 697. The minimum atomic E-state index is -2.05. The normalized spacial score (nSPS) is 29.4. The van der Waals surface area contributed by atoms with Crippen molar-refractivity contribution in [2.75, 3.05) is 0 Å². The molecule has 0 spiro atoms. The van der Waals surface area contributed by atoms with Crippen molar-refractivity contribution in [1.29, 1.82) is 0 Å². The summed E-state index contributed by atoms with van der Waals surface area (Å²) >= 11 is 0. The van der Waals surface area contributed by atoms with Gasteiger partial charge in [0.2, 0.25) is 0 Å². The fraction of sp³-hybridized carbons (Fsp3) is 0.500. The van der Waals surface area contributed by atoms with Crippen LogP contribution in [0.4, 0.5) is 0 Å². The molecule has 0 saturated carbocycles. The molecular weight excluding hydrogens is 332 g/mol. The molecule has 1 aromatic carbocycles. The van der Waals surface area contributed by atoms with E-state index in [9.17, 15) is 9.59 Å². The Hall–Kier alpha value is -1.88. The first-order valence-corrected chi connectivity index (χ1v) is 11.0. The second-order valence-corrected chi connectivity index (χ2v) is 13.3. The van der Waals surface area contributed by atoms with E-state index < -0.39 is 31.7 Å². The lowest BCUT2D eigenvalue weighted by Gasteiger charge is -2.41. The van der Waals surface area contributed by atoms with Crippen molar-refractivity contribution in [1.82, 2.24) is 0 Å². The maximum Gasteiger partial charge on any atom is 0.324 e. The van der Waals surface area contributed by atoms with Crippen LogP contribution in [-0.2, 0) is 19.1 Å². The van der Waals surface area contributed by atoms with Gasteiger partial charge in [0.05, 0.1) is 0 Å². The van der Waals surface area contributed by atoms with Crippen LogP contribution in [0.15, 0.2) is 42.1 Å². The van der Waals surface area contributed by atoms with Gasteiger partial charge in [0, 0.05) is 13.8 Å². The Morgan fingerprint density at radius 2 is 1.60 bits per heavy atom. The maximum atomic E-state index is 12.5. The minimum absolute atomic E-state index is 0.0708. The summed E-state index contributed by atoms with van der Waals surface area (Å²) in [5, 5.41) is 1.40. The average molecular weight is 359 g/mol. The van der Waals surface area contributed by atoms with Crippen LogP contribution in [0.25, 0.3) is 0 Å². The van der Waals surface area contributed by atoms with E-state index in [2.05, 4.69) is 56.8 Å². The lowest BCUT2D eigenvalue weighted by molar-refractivity contribution is -0.241. The van der Waals surface area contributed by atoms with Gasteiger partial charge >= 0.3 is 11.9 Å². The predicted octanol–water partition coefficient (Wildman–Crippen LogP) is 3.32. The molecule has 1 saturated heterocycles. The van der Waals surface area contributed by atoms with Crippen LogP contribution in [-0.4, -0.2) is 25.8 Å². The SMILES string of the molecule is CC1(C)OC(=O)C([C@@H]2C=C[Si@](c3ccccc3)(C(C)(C)C)C2)C(=O)O1. The summed E-state index contributed by atoms with van der Waals surface area (Å²) in [5.74, 6) is -3.14. The Labute approximate surface area is 150 Å². The number of allylic oxidation sites excluding steroid dienone is 1. The molecule has 2 atom stereocenters. The van der Waals surface area contributed by atoms with Crippen molar-refractivity contribution in [2.45, 2.75) is 51.5 Å². The average Bonchev–Trinajstić information content (AvgIpc) is 2.92. The number of carbonyl (C=O) groups excluding carboxylic acids is 2. The fourth-order valence-electron chi connectivity index (χ4n) is 4.04. The molecular formula is C20H26O4Si. The summed E-state index contributed by atoms with van der Waals surface area (Å²) in [6.45, 7) is 9.92. The van der Waals surface area contributed by atoms with Gasteiger partial charge in [0.15, 0.2) is 5.92 Å². The molecule has 0 radical (unpaired) electrons. The monoisotopic (exact) mass is 358 g/mol. The molecule has 0 amide bonds. The largest absolute Gasteiger partial charge is 0.422 e. The predicted molar refractivity (Wildman–Crippen MR) is 98.7 cm³/mol. The number of benzene rings is 1. The first-order valence-electron chi connectivity index (χ1n) is 8.76. The zero-order chi connectivity index (χ0) is 18.5. The Kier molecular flexibility index (Phi) is 4.18. The lowest BCUT2D eigenvalue weighted by atomic mass is 9.93. The first-order chi connectivity index (χ1) is 11.6. The van der Waals surface area contributed by atoms with Crippen LogP contribution < -0.4 is 5.19 Å². The van der Waals surface area contributed by atoms with Crippen LogP contribution in [0, 0.1) is 11.8 Å². The van der Waals surface area contributed by atoms with Crippen LogP contribution in [0.2, 0.25) is 11.1 Å². The highest BCUT2D eigenvalue weighted by Crippen LogP contribution is 2.47. The Morgan fingerprint density at radius 3 is 2.12 bits per heavy atom. The topological polar surface area (TPSA) is 52.6 Å². The molecule has 0 unspecified atom stereocenters. The molecule has 134 valence electrons. The van der Waals surface area contributed by atoms with Crippen LogP contribution >= 0.6 is 0 Å². The van der Waals surface area contributed by atoms with Gasteiger partial charge < -0.3 is 9.47 Å². The fourth-order valence-corrected chi connectivity index (χ4v) is 9.06. The van der Waals surface area contributed by atoms with Gasteiger partial charge in [-0.2, -0.15) is 0 Å². The summed E-state index contributed by atoms with van der Waals surface area (Å²) in [6, 6.07) is 11.3. The van der Waals surface area contributed by atoms with Gasteiger partial charge in [-0.3, -0.25) is 9.59 Å². The number of ether oxygens (including phenoxy) is 2. The van der Waals surface area contributed by atoms with Gasteiger partial charge in [-0.05, 0) is 17.0 Å². The van der Waals surface area contributed by atoms with Gasteiger partial charge in [-0.25, -0.2) is 0 Å². The molecule has 1 fully saturated rings. The van der Waals surface area contributed by atoms with Gasteiger partial charge in [0.1, 0.15) is 8.07 Å². The minimum Gasteiger partial charge on any atom is -0.422 e. The number of hydrogen-bond acceptors (Lipinski definition) is 4. The van der Waals surface area contributed by atoms with Gasteiger partial charge in [-0.15, -0.1) is 0 Å². The molecule has 1 aromatic rings. The molecule has 5 heteroatoms. The first kappa shape index (κ1) is 17.9. The third kappa shape index (κ3) is 3.06. The standard InChI is InChI=1S/C20H26O4Si/c1-19(2,3)25(15-9-7-6-8-10-15)12-11-14(13-25)16-17(21)23-20(4,5)24-18(16)22/h6-12,14,16H,13H2,1-5H3/t14-,25+/m1/s1. The van der Waals surface area contributed by atoms with E-state index in [0.717, 1.165) is 6.04 Å². The van der Waals surface area contributed by atoms with Crippen molar-refractivity contribution >= 4 is 25.2 Å². The second-order valence-electron chi connectivity index (χ2n) is 8.53. The van der Waals surface area contributed by atoms with Crippen LogP contribution in [0.3, 0.4) is 0 Å². The molecule has 25 heavy (non-hydrogen) atoms. The van der Waals surface area contributed by atoms with E-state index in [4.69, 9.17) is 9.47 Å². The van der Waals surface area contributed by atoms with Crippen LogP contribution in [0.5, 0.6) is 0 Å². The summed E-state index contributed by atoms with van der Waals surface area (Å²) in [6.07, 6.45) is 2.05. The zero-order valence-corrected chi connectivity index (χ0v) is 16.5. The summed E-state index contributed by atoms with van der Waals surface area (Å²) < 4.78 is 10.7. The van der Waals surface area contributed by atoms with Crippen molar-refractivity contribution in [3.63, 3.8) is 0 Å². The van der Waals surface area contributed by atoms with E-state index in [0.29, 0.717) is 0 Å². The third-order valence-corrected chi connectivity index (χ3v) is 11.4. The van der Waals surface area contributed by atoms with Gasteiger partial charge in [-0.1, -0.05) is 68.1 Å². The molecule has 2 heterocycles. The van der Waals surface area contributed by atoms with Gasteiger partial charge in [0.25, 0.3) is 5.79 Å². The van der Waals surface area contributed by atoms with Crippen molar-refractivity contribution in [3.05, 3.63) is 42.1 Å². The molecule has 0 aromatic heterocycles. The molecule has 3 rings (SSSR count). The molecule has 0 bridgehead atoms. The number of hydrogen-bond donors (Lipinski definition) is 0. The zero-order valence-electron chi connectivity index (χ0n) is 15.5. The van der Waals surface area contributed by atoms with E-state index >= 15 is 0 Å². The molecule has 2 aliphatic rings. The quantitative estimate of drug-likeness (QED) is 0.462. The Morgan fingerprint density at radius 1 is 1.04 bits per heavy atom. The summed E-state index contributed by atoms with van der Waals surface area (Å²) in [4.78, 5) is 24.9. The maximum absolute atomic E-state index is 12.5. The lowest BCUT2D eigenvalue weighted by Crippen LogP contribution is -2.54. The summed E-state index contributed by atoms with van der Waals surface area (Å²) in [7, 11) is -2.05. The van der Waals surface area contributed by atoms with E-state index in [1.165, 1.54) is 5.19 Å². The van der Waals surface area contributed by atoms with Crippen molar-refractivity contribution in [3.8, 4) is 0 Å². The number of esters is 2. The second kappa shape index (κ2) is 5.83. The number of carbonyl (C=O) groups is 2. The summed E-state index contributed by atoms with van der Waals surface area (Å²) in [5.41, 5.74) is 2.30. The van der Waals surface area contributed by atoms with Crippen LogP contribution in [0.1, 0.15) is 34.6 Å². The molecule has 0 aliphatic carbocycles. The Balaban J connectivity index is 1.93. The number of cyclic esters (lactones) is 2. The highest BCUT2D eigenvalue weighted by molar-refractivity contribution is 6.98. The third-order valence-electron chi connectivity index (χ3n) is 5.44. The highest BCUT2D eigenvalue weighted by Gasteiger charge is 2.54. The van der Waals surface area contributed by atoms with E-state index in [-0.39, 0.29) is 11.0 Å². The highest BCUT2D eigenvalue weighted by atomic mass is 28.3. The van der Waals surface area contributed by atoms with Crippen molar-refractivity contribution in [2.24, 2.45) is 11.8 Å².